The van der Waals surface area contributed by atoms with Crippen LogP contribution in [0, 0.1) is 5.92 Å². The molecule has 2 aromatic carbocycles. The zero-order valence-corrected chi connectivity index (χ0v) is 16.5. The Hall–Kier alpha value is -2.82. The lowest BCUT2D eigenvalue weighted by Gasteiger charge is -2.32. The van der Waals surface area contributed by atoms with Gasteiger partial charge in [0.1, 0.15) is 5.82 Å². The summed E-state index contributed by atoms with van der Waals surface area (Å²) in [6, 6.07) is 14.6. The number of nitrogens with one attached hydrogen (secondary N) is 1. The maximum absolute atomic E-state index is 12.6. The second-order valence-corrected chi connectivity index (χ2v) is 7.58. The lowest BCUT2D eigenvalue weighted by Crippen LogP contribution is -2.44. The first-order chi connectivity index (χ1) is 13.7. The van der Waals surface area contributed by atoms with E-state index in [1.807, 2.05) is 23.2 Å². The molecular weight excluding hydrogens is 348 g/mol. The number of amides is 2. The van der Waals surface area contributed by atoms with Crippen LogP contribution in [0.5, 0.6) is 0 Å². The highest BCUT2D eigenvalue weighted by atomic mass is 16.2. The predicted molar refractivity (Wildman–Crippen MR) is 112 cm³/mol. The Kier molecular flexibility index (Phi) is 5.60. The van der Waals surface area contributed by atoms with Crippen molar-refractivity contribution in [1.29, 1.82) is 0 Å². The van der Waals surface area contributed by atoms with E-state index in [2.05, 4.69) is 58.3 Å². The number of aryl methyl sites for hydroxylation is 1. The highest BCUT2D eigenvalue weighted by Crippen LogP contribution is 2.21. The van der Waals surface area contributed by atoms with Crippen LogP contribution in [0.2, 0.25) is 0 Å². The summed E-state index contributed by atoms with van der Waals surface area (Å²) in [5.41, 5.74) is 1.16. The quantitative estimate of drug-likeness (QED) is 0.725. The van der Waals surface area contributed by atoms with Crippen molar-refractivity contribution in [2.24, 2.45) is 5.92 Å². The molecule has 1 aliphatic heterocycles. The number of benzene rings is 2. The van der Waals surface area contributed by atoms with E-state index in [0.29, 0.717) is 12.5 Å². The van der Waals surface area contributed by atoms with Crippen molar-refractivity contribution in [3.63, 3.8) is 0 Å². The molecule has 28 heavy (non-hydrogen) atoms. The van der Waals surface area contributed by atoms with Gasteiger partial charge in [0.25, 0.3) is 0 Å². The molecule has 1 aliphatic rings. The van der Waals surface area contributed by atoms with Gasteiger partial charge in [0, 0.05) is 45.0 Å². The SMILES string of the molecule is CCc1nccn1CC1CCN(C(=O)NCc2cccc3ccccc23)CC1. The van der Waals surface area contributed by atoms with Gasteiger partial charge in [-0.1, -0.05) is 49.4 Å². The van der Waals surface area contributed by atoms with Crippen molar-refractivity contribution in [3.8, 4) is 0 Å². The van der Waals surface area contributed by atoms with Gasteiger partial charge in [0.05, 0.1) is 0 Å². The molecule has 0 unspecified atom stereocenters. The fraction of sp³-hybridized carbons (Fsp3) is 0.391. The van der Waals surface area contributed by atoms with Crippen molar-refractivity contribution < 1.29 is 4.79 Å². The summed E-state index contributed by atoms with van der Waals surface area (Å²) in [5, 5.41) is 5.53. The normalized spacial score (nSPS) is 15.1. The molecule has 0 spiro atoms. The molecule has 1 N–H and O–H groups in total. The van der Waals surface area contributed by atoms with Crippen LogP contribution in [-0.2, 0) is 19.5 Å². The zero-order valence-electron chi connectivity index (χ0n) is 16.5. The van der Waals surface area contributed by atoms with Crippen molar-refractivity contribution in [2.75, 3.05) is 13.1 Å². The van der Waals surface area contributed by atoms with Gasteiger partial charge in [-0.05, 0) is 35.1 Å². The van der Waals surface area contributed by atoms with E-state index in [-0.39, 0.29) is 6.03 Å². The van der Waals surface area contributed by atoms with Gasteiger partial charge in [-0.25, -0.2) is 9.78 Å². The summed E-state index contributed by atoms with van der Waals surface area (Å²) in [6.07, 6.45) is 7.01. The van der Waals surface area contributed by atoms with Crippen LogP contribution in [0.25, 0.3) is 10.8 Å². The number of fused-ring (bicyclic) bond motifs is 1. The molecule has 3 aromatic rings. The molecule has 0 saturated carbocycles. The Balaban J connectivity index is 1.29. The number of hydrogen-bond acceptors (Lipinski definition) is 2. The molecule has 146 valence electrons. The molecule has 5 nitrogen and oxygen atoms in total. The van der Waals surface area contributed by atoms with Crippen LogP contribution in [-0.4, -0.2) is 33.6 Å². The van der Waals surface area contributed by atoms with Crippen LogP contribution < -0.4 is 5.32 Å². The van der Waals surface area contributed by atoms with Crippen LogP contribution >= 0.6 is 0 Å². The minimum absolute atomic E-state index is 0.0447. The first-order valence-corrected chi connectivity index (χ1v) is 10.2. The summed E-state index contributed by atoms with van der Waals surface area (Å²) < 4.78 is 2.26. The van der Waals surface area contributed by atoms with E-state index in [1.165, 1.54) is 10.8 Å². The number of piperidine rings is 1. The summed E-state index contributed by atoms with van der Waals surface area (Å²) in [6.45, 7) is 5.36. The molecule has 1 saturated heterocycles. The van der Waals surface area contributed by atoms with Gasteiger partial charge >= 0.3 is 6.03 Å². The number of nitrogens with zero attached hydrogens (tertiary/aromatic N) is 3. The van der Waals surface area contributed by atoms with E-state index < -0.39 is 0 Å². The van der Waals surface area contributed by atoms with Gasteiger partial charge in [0.15, 0.2) is 0 Å². The van der Waals surface area contributed by atoms with E-state index in [4.69, 9.17) is 0 Å². The Labute approximate surface area is 166 Å². The number of aromatic nitrogens is 2. The number of urea groups is 1. The number of carbonyl (C=O) groups is 1. The van der Waals surface area contributed by atoms with Gasteiger partial charge < -0.3 is 14.8 Å². The standard InChI is InChI=1S/C23H28N4O/c1-2-22-24-12-15-27(22)17-18-10-13-26(14-11-18)23(28)25-16-20-8-5-7-19-6-3-4-9-21(19)20/h3-9,12,15,18H,2,10-11,13-14,16-17H2,1H3,(H,25,28). The van der Waals surface area contributed by atoms with Crippen molar-refractivity contribution in [2.45, 2.75) is 39.3 Å². The fourth-order valence-electron chi connectivity index (χ4n) is 4.15. The van der Waals surface area contributed by atoms with Crippen molar-refractivity contribution in [1.82, 2.24) is 19.8 Å². The maximum atomic E-state index is 12.6. The van der Waals surface area contributed by atoms with Crippen LogP contribution in [0.3, 0.4) is 0 Å². The first kappa shape index (κ1) is 18.5. The van der Waals surface area contributed by atoms with Crippen LogP contribution in [0.15, 0.2) is 54.9 Å². The Morgan fingerprint density at radius 1 is 1.14 bits per heavy atom. The summed E-state index contributed by atoms with van der Waals surface area (Å²) in [7, 11) is 0. The van der Waals surface area contributed by atoms with Crippen LogP contribution in [0.4, 0.5) is 4.79 Å². The molecule has 0 radical (unpaired) electrons. The largest absolute Gasteiger partial charge is 0.335 e. The van der Waals surface area contributed by atoms with E-state index in [1.54, 1.807) is 0 Å². The average Bonchev–Trinajstić information content (AvgIpc) is 3.19. The second-order valence-electron chi connectivity index (χ2n) is 7.58. The second kappa shape index (κ2) is 8.46. The highest BCUT2D eigenvalue weighted by molar-refractivity contribution is 5.86. The lowest BCUT2D eigenvalue weighted by atomic mass is 9.97. The Bertz CT molecular complexity index is 935. The minimum atomic E-state index is 0.0447. The average molecular weight is 377 g/mol. The highest BCUT2D eigenvalue weighted by Gasteiger charge is 2.23. The van der Waals surface area contributed by atoms with E-state index >= 15 is 0 Å². The van der Waals surface area contributed by atoms with Gasteiger partial charge in [0.2, 0.25) is 0 Å². The molecule has 0 bridgehead atoms. The number of rotatable bonds is 5. The first-order valence-electron chi connectivity index (χ1n) is 10.2. The molecule has 1 fully saturated rings. The third-order valence-electron chi connectivity index (χ3n) is 5.78. The predicted octanol–water partition coefficient (Wildman–Crippen LogP) is 4.22. The molecule has 4 rings (SSSR count). The van der Waals surface area contributed by atoms with E-state index in [9.17, 15) is 4.79 Å². The molecule has 0 atom stereocenters. The zero-order chi connectivity index (χ0) is 19.3. The Morgan fingerprint density at radius 2 is 1.93 bits per heavy atom. The monoisotopic (exact) mass is 376 g/mol. The number of imidazole rings is 1. The van der Waals surface area contributed by atoms with Crippen molar-refractivity contribution in [3.05, 3.63) is 66.2 Å². The smallest absolute Gasteiger partial charge is 0.317 e. The van der Waals surface area contributed by atoms with Crippen molar-refractivity contribution >= 4 is 16.8 Å². The molecule has 0 aliphatic carbocycles. The molecule has 2 heterocycles. The number of carbonyl (C=O) groups excluding carboxylic acids is 1. The number of likely N-dealkylation sites (tertiary alicyclic amines) is 1. The Morgan fingerprint density at radius 3 is 2.75 bits per heavy atom. The van der Waals surface area contributed by atoms with Gasteiger partial charge in [-0.15, -0.1) is 0 Å². The fourth-order valence-corrected chi connectivity index (χ4v) is 4.15. The topological polar surface area (TPSA) is 50.2 Å². The summed E-state index contributed by atoms with van der Waals surface area (Å²) >= 11 is 0. The summed E-state index contributed by atoms with van der Waals surface area (Å²) in [5.74, 6) is 1.76. The molecular formula is C23H28N4O. The third-order valence-corrected chi connectivity index (χ3v) is 5.78. The summed E-state index contributed by atoms with van der Waals surface area (Å²) in [4.78, 5) is 19.0. The maximum Gasteiger partial charge on any atom is 0.317 e. The molecule has 5 heteroatoms. The minimum Gasteiger partial charge on any atom is -0.335 e. The number of hydrogen-bond donors (Lipinski definition) is 1. The van der Waals surface area contributed by atoms with Gasteiger partial charge in [-0.2, -0.15) is 0 Å². The van der Waals surface area contributed by atoms with Crippen LogP contribution in [0.1, 0.15) is 31.2 Å². The molecule has 1 aromatic heterocycles. The van der Waals surface area contributed by atoms with E-state index in [0.717, 1.165) is 50.3 Å². The van der Waals surface area contributed by atoms with Gasteiger partial charge in [-0.3, -0.25) is 0 Å². The lowest BCUT2D eigenvalue weighted by molar-refractivity contribution is 0.165. The molecule has 2 amide bonds. The third kappa shape index (κ3) is 4.03.